The Bertz CT molecular complexity index is 1010. The number of phenolic OH excluding ortho intramolecular Hbond substituents is 1. The summed E-state index contributed by atoms with van der Waals surface area (Å²) in [5.74, 6) is 0.797. The number of aromatic amines is 1. The summed E-state index contributed by atoms with van der Waals surface area (Å²) in [4.78, 5) is 5.73. The third-order valence-electron chi connectivity index (χ3n) is 5.68. The molecule has 1 saturated heterocycles. The summed E-state index contributed by atoms with van der Waals surface area (Å²) in [5, 5.41) is 31.6. The lowest BCUT2D eigenvalue weighted by atomic mass is 9.79. The van der Waals surface area contributed by atoms with Gasteiger partial charge in [0.15, 0.2) is 5.82 Å². The maximum absolute atomic E-state index is 10.5. The summed E-state index contributed by atoms with van der Waals surface area (Å²) in [5.41, 5.74) is 2.98. The van der Waals surface area contributed by atoms with Crippen molar-refractivity contribution in [3.05, 3.63) is 42.7 Å². The SMILES string of the molecule is CON(c1ccc(-c2ccc(-c3cn[nH]c3)cc2O)nn1)C1CC(C)(C)NC(C)(C)C1. The molecule has 31 heavy (non-hydrogen) atoms. The minimum Gasteiger partial charge on any atom is -0.507 e. The van der Waals surface area contributed by atoms with Gasteiger partial charge in [0.05, 0.1) is 25.0 Å². The van der Waals surface area contributed by atoms with Crippen LogP contribution in [0.5, 0.6) is 5.75 Å². The van der Waals surface area contributed by atoms with E-state index in [0.717, 1.165) is 24.0 Å². The Kier molecular flexibility index (Phi) is 5.45. The van der Waals surface area contributed by atoms with Crippen molar-refractivity contribution < 1.29 is 9.94 Å². The number of H-pyrrole nitrogens is 1. The zero-order chi connectivity index (χ0) is 22.2. The molecule has 0 atom stereocenters. The first-order valence-electron chi connectivity index (χ1n) is 10.5. The van der Waals surface area contributed by atoms with E-state index in [-0.39, 0.29) is 22.9 Å². The van der Waals surface area contributed by atoms with E-state index in [4.69, 9.17) is 4.84 Å². The lowest BCUT2D eigenvalue weighted by molar-refractivity contribution is 0.0729. The number of anilines is 1. The second-order valence-corrected chi connectivity index (χ2v) is 9.46. The molecule has 0 unspecified atom stereocenters. The van der Waals surface area contributed by atoms with Gasteiger partial charge in [-0.05, 0) is 70.4 Å². The van der Waals surface area contributed by atoms with Crippen LogP contribution in [-0.4, -0.2) is 49.7 Å². The van der Waals surface area contributed by atoms with Crippen molar-refractivity contribution in [3.8, 4) is 28.1 Å². The van der Waals surface area contributed by atoms with Crippen molar-refractivity contribution in [1.82, 2.24) is 25.7 Å². The number of hydrogen-bond acceptors (Lipinski definition) is 7. The average Bonchev–Trinajstić information content (AvgIpc) is 3.22. The maximum Gasteiger partial charge on any atom is 0.175 e. The first kappa shape index (κ1) is 21.3. The van der Waals surface area contributed by atoms with Crippen LogP contribution in [0, 0.1) is 0 Å². The summed E-state index contributed by atoms with van der Waals surface area (Å²) < 4.78 is 0. The Balaban J connectivity index is 1.57. The quantitative estimate of drug-likeness (QED) is 0.536. The van der Waals surface area contributed by atoms with Gasteiger partial charge in [0, 0.05) is 28.4 Å². The molecule has 3 N–H and O–H groups in total. The average molecular weight is 423 g/mol. The van der Waals surface area contributed by atoms with E-state index in [1.165, 1.54) is 0 Å². The van der Waals surface area contributed by atoms with Gasteiger partial charge < -0.3 is 10.4 Å². The molecule has 3 heterocycles. The number of piperidine rings is 1. The molecule has 8 nitrogen and oxygen atoms in total. The molecule has 0 bridgehead atoms. The molecule has 1 aromatic carbocycles. The number of aromatic hydroxyl groups is 1. The molecule has 1 aliphatic heterocycles. The van der Waals surface area contributed by atoms with Crippen molar-refractivity contribution in [1.29, 1.82) is 0 Å². The minimum atomic E-state index is -0.0148. The molecule has 3 aromatic rings. The third-order valence-corrected chi connectivity index (χ3v) is 5.68. The van der Waals surface area contributed by atoms with Gasteiger partial charge in [-0.15, -0.1) is 10.2 Å². The van der Waals surface area contributed by atoms with Crippen molar-refractivity contribution >= 4 is 5.82 Å². The molecule has 1 fully saturated rings. The molecular weight excluding hydrogens is 392 g/mol. The lowest BCUT2D eigenvalue weighted by Gasteiger charge is -2.48. The van der Waals surface area contributed by atoms with Crippen molar-refractivity contribution in [2.24, 2.45) is 0 Å². The molecule has 0 saturated carbocycles. The zero-order valence-electron chi connectivity index (χ0n) is 18.7. The van der Waals surface area contributed by atoms with Gasteiger partial charge in [-0.2, -0.15) is 5.10 Å². The van der Waals surface area contributed by atoms with Gasteiger partial charge in [-0.25, -0.2) is 5.06 Å². The Hall–Kier alpha value is -2.97. The van der Waals surface area contributed by atoms with Crippen LogP contribution in [0.3, 0.4) is 0 Å². The van der Waals surface area contributed by atoms with Gasteiger partial charge in [-0.3, -0.25) is 9.94 Å². The molecular formula is C23H30N6O2. The number of rotatable bonds is 5. The van der Waals surface area contributed by atoms with E-state index in [1.807, 2.05) is 29.3 Å². The van der Waals surface area contributed by atoms with E-state index in [0.29, 0.717) is 17.1 Å². The summed E-state index contributed by atoms with van der Waals surface area (Å²) in [6.45, 7) is 8.83. The molecule has 0 spiro atoms. The Labute approximate surface area is 182 Å². The maximum atomic E-state index is 10.5. The molecule has 1 aliphatic rings. The highest BCUT2D eigenvalue weighted by atomic mass is 16.7. The van der Waals surface area contributed by atoms with Crippen LogP contribution < -0.4 is 10.4 Å². The largest absolute Gasteiger partial charge is 0.507 e. The second-order valence-electron chi connectivity index (χ2n) is 9.46. The fourth-order valence-corrected chi connectivity index (χ4v) is 4.79. The second kappa shape index (κ2) is 7.94. The summed E-state index contributed by atoms with van der Waals surface area (Å²) in [7, 11) is 1.66. The molecule has 0 aliphatic carbocycles. The topological polar surface area (TPSA) is 99.2 Å². The van der Waals surface area contributed by atoms with Gasteiger partial charge in [-0.1, -0.05) is 6.07 Å². The molecule has 0 amide bonds. The van der Waals surface area contributed by atoms with E-state index < -0.39 is 0 Å². The highest BCUT2D eigenvalue weighted by Gasteiger charge is 2.40. The van der Waals surface area contributed by atoms with Gasteiger partial charge in [0.25, 0.3) is 0 Å². The molecule has 4 rings (SSSR count). The fraction of sp³-hybridized carbons (Fsp3) is 0.435. The number of aromatic nitrogens is 4. The normalized spacial score (nSPS) is 18.1. The summed E-state index contributed by atoms with van der Waals surface area (Å²) in [6.07, 6.45) is 5.34. The fourth-order valence-electron chi connectivity index (χ4n) is 4.79. The van der Waals surface area contributed by atoms with Gasteiger partial charge >= 0.3 is 0 Å². The first-order chi connectivity index (χ1) is 14.7. The number of nitrogens with one attached hydrogen (secondary N) is 2. The Morgan fingerprint density at radius 1 is 1.03 bits per heavy atom. The molecule has 164 valence electrons. The van der Waals surface area contributed by atoms with Gasteiger partial charge in [0.2, 0.25) is 0 Å². The van der Waals surface area contributed by atoms with Crippen molar-refractivity contribution in [3.63, 3.8) is 0 Å². The van der Waals surface area contributed by atoms with Crippen LogP contribution >= 0.6 is 0 Å². The van der Waals surface area contributed by atoms with E-state index in [2.05, 4.69) is 53.4 Å². The van der Waals surface area contributed by atoms with Crippen molar-refractivity contribution in [2.45, 2.75) is 57.7 Å². The predicted molar refractivity (Wildman–Crippen MR) is 121 cm³/mol. The zero-order valence-corrected chi connectivity index (χ0v) is 18.7. The van der Waals surface area contributed by atoms with E-state index in [9.17, 15) is 5.11 Å². The minimum absolute atomic E-state index is 0.0148. The highest BCUT2D eigenvalue weighted by molar-refractivity contribution is 5.73. The van der Waals surface area contributed by atoms with Crippen LogP contribution in [-0.2, 0) is 4.84 Å². The molecule has 8 heteroatoms. The highest BCUT2D eigenvalue weighted by Crippen LogP contribution is 2.35. The summed E-state index contributed by atoms with van der Waals surface area (Å²) in [6, 6.07) is 9.38. The molecule has 0 radical (unpaired) electrons. The standard InChI is InChI=1S/C23H30N6O2/c1-22(2)11-17(12-23(3,4)28-22)29(31-5)21-9-8-19(26-27-21)18-7-6-15(10-20(18)30)16-13-24-25-14-16/h6-10,13-14,17,28,30H,11-12H2,1-5H3,(H,24,25). The number of benzene rings is 1. The summed E-state index contributed by atoms with van der Waals surface area (Å²) >= 11 is 0. The predicted octanol–water partition coefficient (Wildman–Crippen LogP) is 3.92. The van der Waals surface area contributed by atoms with Crippen LogP contribution in [0.2, 0.25) is 0 Å². The number of nitrogens with zero attached hydrogens (tertiary/aromatic N) is 4. The number of phenols is 1. The number of hydrogen-bond donors (Lipinski definition) is 3. The Morgan fingerprint density at radius 3 is 2.32 bits per heavy atom. The van der Waals surface area contributed by atoms with E-state index in [1.54, 1.807) is 25.6 Å². The lowest BCUT2D eigenvalue weighted by Crippen LogP contribution is -2.62. The van der Waals surface area contributed by atoms with Crippen LogP contribution in [0.15, 0.2) is 42.7 Å². The molecule has 2 aromatic heterocycles. The first-order valence-corrected chi connectivity index (χ1v) is 10.5. The Morgan fingerprint density at radius 2 is 1.77 bits per heavy atom. The van der Waals surface area contributed by atoms with Crippen LogP contribution in [0.25, 0.3) is 22.4 Å². The van der Waals surface area contributed by atoms with E-state index >= 15 is 0 Å². The van der Waals surface area contributed by atoms with Crippen molar-refractivity contribution in [2.75, 3.05) is 12.2 Å². The third kappa shape index (κ3) is 4.55. The van der Waals surface area contributed by atoms with Crippen LogP contribution in [0.1, 0.15) is 40.5 Å². The monoisotopic (exact) mass is 422 g/mol. The number of hydroxylamine groups is 1. The smallest absolute Gasteiger partial charge is 0.175 e. The van der Waals surface area contributed by atoms with Crippen LogP contribution in [0.4, 0.5) is 5.82 Å². The van der Waals surface area contributed by atoms with Gasteiger partial charge in [0.1, 0.15) is 5.75 Å².